The molecular formula is C26H34N6O4. The minimum absolute atomic E-state index is 0.0161. The smallest absolute Gasteiger partial charge is 0.328 e. The maximum absolute atomic E-state index is 13.2. The molecule has 0 bridgehead atoms. The minimum Gasteiger partial charge on any atom is -0.497 e. The number of rotatable bonds is 5. The molecule has 0 N–H and O–H groups in total. The van der Waals surface area contributed by atoms with Gasteiger partial charge in [0, 0.05) is 71.2 Å². The number of methoxy groups -OCH3 is 1. The summed E-state index contributed by atoms with van der Waals surface area (Å²) in [7, 11) is 5.24. The Balaban J connectivity index is 1.16. The van der Waals surface area contributed by atoms with Crippen LogP contribution >= 0.6 is 0 Å². The number of aryl methyl sites for hydroxylation is 2. The summed E-state index contributed by atoms with van der Waals surface area (Å²) in [6.45, 7) is 2.82. The first kappa shape index (κ1) is 24.1. The van der Waals surface area contributed by atoms with Crippen LogP contribution in [0.25, 0.3) is 11.0 Å². The molecule has 2 aromatic heterocycles. The molecule has 10 nitrogen and oxygen atoms in total. The molecule has 192 valence electrons. The highest BCUT2D eigenvalue weighted by Gasteiger charge is 2.33. The van der Waals surface area contributed by atoms with E-state index in [1.165, 1.54) is 0 Å². The lowest BCUT2D eigenvalue weighted by Gasteiger charge is -2.37. The number of hydrogen-bond acceptors (Lipinski definition) is 5. The van der Waals surface area contributed by atoms with E-state index in [0.717, 1.165) is 42.5 Å². The summed E-state index contributed by atoms with van der Waals surface area (Å²) >= 11 is 0. The van der Waals surface area contributed by atoms with Crippen LogP contribution in [0.3, 0.4) is 0 Å². The topological polar surface area (TPSA) is 94.6 Å². The Morgan fingerprint density at radius 1 is 1.00 bits per heavy atom. The van der Waals surface area contributed by atoms with Gasteiger partial charge in [-0.05, 0) is 43.7 Å². The predicted octanol–water partition coefficient (Wildman–Crippen LogP) is 1.87. The molecule has 0 atom stereocenters. The van der Waals surface area contributed by atoms with Gasteiger partial charge >= 0.3 is 5.69 Å². The molecule has 1 aromatic carbocycles. The summed E-state index contributed by atoms with van der Waals surface area (Å²) < 4.78 is 10.6. The number of imidazole rings is 2. The zero-order valence-electron chi connectivity index (χ0n) is 21.2. The van der Waals surface area contributed by atoms with Crippen molar-refractivity contribution in [1.82, 2.24) is 28.5 Å². The molecule has 0 spiro atoms. The molecule has 3 aromatic rings. The SMILES string of the molecule is COc1ccc2c(c1)n(C[C@H]1CC[C@H](C(=O)N3CCN(C(=O)c4nccn4C)CC3)CC1)c(=O)n2C. The van der Waals surface area contributed by atoms with Crippen LogP contribution in [0.4, 0.5) is 0 Å². The molecule has 1 saturated heterocycles. The van der Waals surface area contributed by atoms with E-state index in [-0.39, 0.29) is 23.4 Å². The van der Waals surface area contributed by atoms with Gasteiger partial charge in [-0.2, -0.15) is 0 Å². The zero-order chi connectivity index (χ0) is 25.4. The highest BCUT2D eigenvalue weighted by Crippen LogP contribution is 2.32. The molecule has 1 aliphatic heterocycles. The lowest BCUT2D eigenvalue weighted by molar-refractivity contribution is -0.138. The van der Waals surface area contributed by atoms with Gasteiger partial charge in [0.2, 0.25) is 5.91 Å². The lowest BCUT2D eigenvalue weighted by atomic mass is 9.81. The average molecular weight is 495 g/mol. The summed E-state index contributed by atoms with van der Waals surface area (Å²) in [5, 5.41) is 0. The monoisotopic (exact) mass is 494 g/mol. The van der Waals surface area contributed by atoms with E-state index in [4.69, 9.17) is 4.74 Å². The number of hydrogen-bond donors (Lipinski definition) is 0. The van der Waals surface area contributed by atoms with Gasteiger partial charge in [-0.3, -0.25) is 18.7 Å². The molecule has 1 saturated carbocycles. The second kappa shape index (κ2) is 9.83. The summed E-state index contributed by atoms with van der Waals surface area (Å²) in [6, 6.07) is 5.71. The van der Waals surface area contributed by atoms with Gasteiger partial charge in [0.05, 0.1) is 18.1 Å². The molecule has 10 heteroatoms. The Kier molecular flexibility index (Phi) is 6.59. The first-order chi connectivity index (χ1) is 17.4. The number of carbonyl (C=O) groups excluding carboxylic acids is 2. The normalized spacial score (nSPS) is 20.6. The Hall–Kier alpha value is -3.56. The number of piperazine rings is 1. The van der Waals surface area contributed by atoms with E-state index in [0.29, 0.717) is 44.5 Å². The minimum atomic E-state index is -0.0867. The zero-order valence-corrected chi connectivity index (χ0v) is 21.2. The van der Waals surface area contributed by atoms with Crippen LogP contribution in [0.5, 0.6) is 5.75 Å². The van der Waals surface area contributed by atoms with E-state index >= 15 is 0 Å². The van der Waals surface area contributed by atoms with E-state index in [1.807, 2.05) is 34.7 Å². The number of benzene rings is 1. The van der Waals surface area contributed by atoms with Gasteiger partial charge in [-0.25, -0.2) is 9.78 Å². The Labute approximate surface area is 210 Å². The number of fused-ring (bicyclic) bond motifs is 1. The Morgan fingerprint density at radius 3 is 2.33 bits per heavy atom. The summed E-state index contributed by atoms with van der Waals surface area (Å²) in [5.41, 5.74) is 1.76. The van der Waals surface area contributed by atoms with Crippen molar-refractivity contribution >= 4 is 22.8 Å². The fraction of sp³-hybridized carbons (Fsp3) is 0.538. The lowest BCUT2D eigenvalue weighted by Crippen LogP contribution is -2.52. The van der Waals surface area contributed by atoms with Gasteiger partial charge in [-0.1, -0.05) is 0 Å². The number of aromatic nitrogens is 4. The Morgan fingerprint density at radius 2 is 1.69 bits per heavy atom. The van der Waals surface area contributed by atoms with Gasteiger partial charge in [0.1, 0.15) is 5.75 Å². The van der Waals surface area contributed by atoms with Crippen LogP contribution in [-0.2, 0) is 25.4 Å². The van der Waals surface area contributed by atoms with Crippen molar-refractivity contribution < 1.29 is 14.3 Å². The molecule has 2 amide bonds. The van der Waals surface area contributed by atoms with Crippen molar-refractivity contribution in [2.75, 3.05) is 33.3 Å². The van der Waals surface area contributed by atoms with Crippen molar-refractivity contribution in [3.8, 4) is 5.75 Å². The van der Waals surface area contributed by atoms with Gasteiger partial charge in [-0.15, -0.1) is 0 Å². The molecule has 3 heterocycles. The Bertz CT molecular complexity index is 1320. The maximum atomic E-state index is 13.2. The average Bonchev–Trinajstić information content (AvgIpc) is 3.44. The first-order valence-corrected chi connectivity index (χ1v) is 12.7. The molecular weight excluding hydrogens is 460 g/mol. The third-order valence-electron chi connectivity index (χ3n) is 7.88. The molecule has 2 aliphatic rings. The van der Waals surface area contributed by atoms with Crippen molar-refractivity contribution in [1.29, 1.82) is 0 Å². The second-order valence-electron chi connectivity index (χ2n) is 10.0. The first-order valence-electron chi connectivity index (χ1n) is 12.7. The van der Waals surface area contributed by atoms with E-state index in [2.05, 4.69) is 4.98 Å². The van der Waals surface area contributed by atoms with Crippen LogP contribution in [0.2, 0.25) is 0 Å². The molecule has 2 fully saturated rings. The molecule has 36 heavy (non-hydrogen) atoms. The van der Waals surface area contributed by atoms with Crippen LogP contribution in [-0.4, -0.2) is 73.6 Å². The fourth-order valence-corrected chi connectivity index (χ4v) is 5.65. The van der Waals surface area contributed by atoms with Crippen LogP contribution in [0.15, 0.2) is 35.4 Å². The third kappa shape index (κ3) is 4.40. The van der Waals surface area contributed by atoms with Gasteiger partial charge < -0.3 is 19.1 Å². The summed E-state index contributed by atoms with van der Waals surface area (Å²) in [4.78, 5) is 46.6. The quantitative estimate of drug-likeness (QED) is 0.540. The number of carbonyl (C=O) groups is 2. The highest BCUT2D eigenvalue weighted by atomic mass is 16.5. The van der Waals surface area contributed by atoms with Gasteiger partial charge in [0.15, 0.2) is 5.82 Å². The predicted molar refractivity (Wildman–Crippen MR) is 135 cm³/mol. The fourth-order valence-electron chi connectivity index (χ4n) is 5.65. The molecule has 0 radical (unpaired) electrons. The van der Waals surface area contributed by atoms with Crippen molar-refractivity contribution in [2.45, 2.75) is 32.2 Å². The number of amides is 2. The standard InChI is InChI=1S/C26H34N6O4/c1-28-11-10-27-23(28)25(34)31-14-12-30(13-15-31)24(33)19-6-4-18(5-7-19)17-32-22-16-20(36-3)8-9-21(22)29(2)26(32)35/h8-11,16,18-19H,4-7,12-15,17H2,1-3H3/t18-,19-. The second-order valence-corrected chi connectivity index (χ2v) is 10.0. The summed E-state index contributed by atoms with van der Waals surface area (Å²) in [6.07, 6.45) is 6.88. The van der Waals surface area contributed by atoms with Crippen LogP contribution < -0.4 is 10.4 Å². The molecule has 1 aliphatic carbocycles. The summed E-state index contributed by atoms with van der Waals surface area (Å²) in [5.74, 6) is 1.65. The van der Waals surface area contributed by atoms with Crippen molar-refractivity contribution in [3.05, 3.63) is 46.9 Å². The third-order valence-corrected chi connectivity index (χ3v) is 7.88. The number of ether oxygens (including phenoxy) is 1. The molecule has 0 unspecified atom stereocenters. The highest BCUT2D eigenvalue weighted by molar-refractivity contribution is 5.91. The van der Waals surface area contributed by atoms with Crippen LogP contribution in [0, 0.1) is 11.8 Å². The number of nitrogens with zero attached hydrogens (tertiary/aromatic N) is 6. The van der Waals surface area contributed by atoms with Crippen molar-refractivity contribution in [2.24, 2.45) is 25.9 Å². The van der Waals surface area contributed by atoms with Crippen LogP contribution in [0.1, 0.15) is 36.3 Å². The largest absolute Gasteiger partial charge is 0.497 e. The van der Waals surface area contributed by atoms with Crippen molar-refractivity contribution in [3.63, 3.8) is 0 Å². The van der Waals surface area contributed by atoms with E-state index in [9.17, 15) is 14.4 Å². The maximum Gasteiger partial charge on any atom is 0.328 e. The van der Waals surface area contributed by atoms with E-state index in [1.54, 1.807) is 40.6 Å². The van der Waals surface area contributed by atoms with E-state index < -0.39 is 0 Å². The molecule has 5 rings (SSSR count). The van der Waals surface area contributed by atoms with Gasteiger partial charge in [0.25, 0.3) is 5.91 Å².